The maximum absolute atomic E-state index is 10.3. The van der Waals surface area contributed by atoms with E-state index in [-0.39, 0.29) is 6.10 Å². The molecule has 19 heavy (non-hydrogen) atoms. The van der Waals surface area contributed by atoms with Crippen molar-refractivity contribution in [3.05, 3.63) is 34.9 Å². The van der Waals surface area contributed by atoms with E-state index in [0.29, 0.717) is 6.04 Å². The molecule has 0 fully saturated rings. The number of hydrogen-bond donors (Lipinski definition) is 2. The molecular formula is C17H27NO. The maximum Gasteiger partial charge on any atom is 0.0802 e. The fourth-order valence-corrected chi connectivity index (χ4v) is 2.74. The van der Waals surface area contributed by atoms with Crippen LogP contribution in [0.5, 0.6) is 0 Å². The summed E-state index contributed by atoms with van der Waals surface area (Å²) in [4.78, 5) is 0. The lowest BCUT2D eigenvalue weighted by Gasteiger charge is -2.19. The average molecular weight is 261 g/mol. The first-order valence-corrected chi connectivity index (χ1v) is 7.74. The van der Waals surface area contributed by atoms with Crippen molar-refractivity contribution in [1.29, 1.82) is 0 Å². The van der Waals surface area contributed by atoms with E-state index < -0.39 is 0 Å². The molecule has 1 aromatic carbocycles. The number of aryl methyl sites for hydroxylation is 2. The van der Waals surface area contributed by atoms with Gasteiger partial charge in [-0.1, -0.05) is 25.1 Å². The standard InChI is InChI=1S/C17H27NO/c1-3-13(2)18-11-10-17(19)16-9-8-14-6-4-5-7-15(14)12-16/h8-9,12-13,17-19H,3-7,10-11H2,1-2H3. The zero-order valence-electron chi connectivity index (χ0n) is 12.3. The molecule has 106 valence electrons. The largest absolute Gasteiger partial charge is 0.388 e. The van der Waals surface area contributed by atoms with Crippen LogP contribution in [0.1, 0.15) is 62.3 Å². The highest BCUT2D eigenvalue weighted by Crippen LogP contribution is 2.25. The SMILES string of the molecule is CCC(C)NCCC(O)c1ccc2c(c1)CCCC2. The van der Waals surface area contributed by atoms with Crippen LogP contribution in [0, 0.1) is 0 Å². The lowest BCUT2D eigenvalue weighted by molar-refractivity contribution is 0.165. The van der Waals surface area contributed by atoms with Crippen molar-refractivity contribution in [2.24, 2.45) is 0 Å². The number of nitrogens with one attached hydrogen (secondary N) is 1. The zero-order valence-corrected chi connectivity index (χ0v) is 12.3. The third-order valence-electron chi connectivity index (χ3n) is 4.28. The lowest BCUT2D eigenvalue weighted by Crippen LogP contribution is -2.27. The predicted molar refractivity (Wildman–Crippen MR) is 80.4 cm³/mol. The van der Waals surface area contributed by atoms with Gasteiger partial charge in [0, 0.05) is 6.04 Å². The highest BCUT2D eigenvalue weighted by Gasteiger charge is 2.13. The summed E-state index contributed by atoms with van der Waals surface area (Å²) in [6, 6.07) is 7.09. The van der Waals surface area contributed by atoms with Gasteiger partial charge >= 0.3 is 0 Å². The van der Waals surface area contributed by atoms with E-state index in [1.54, 1.807) is 0 Å². The Balaban J connectivity index is 1.90. The van der Waals surface area contributed by atoms with E-state index >= 15 is 0 Å². The molecule has 1 aliphatic rings. The van der Waals surface area contributed by atoms with Crippen molar-refractivity contribution >= 4 is 0 Å². The molecule has 0 saturated heterocycles. The molecule has 1 aromatic rings. The summed E-state index contributed by atoms with van der Waals surface area (Å²) < 4.78 is 0. The topological polar surface area (TPSA) is 32.3 Å². The second kappa shape index (κ2) is 7.06. The molecule has 0 aromatic heterocycles. The molecule has 2 N–H and O–H groups in total. The van der Waals surface area contributed by atoms with Gasteiger partial charge in [-0.05, 0) is 68.7 Å². The van der Waals surface area contributed by atoms with E-state index in [1.165, 1.54) is 36.8 Å². The Morgan fingerprint density at radius 2 is 1.95 bits per heavy atom. The van der Waals surface area contributed by atoms with Gasteiger partial charge in [-0.2, -0.15) is 0 Å². The highest BCUT2D eigenvalue weighted by molar-refractivity contribution is 5.34. The average Bonchev–Trinajstić information content (AvgIpc) is 2.46. The Bertz CT molecular complexity index is 402. The Kier molecular flexibility index (Phi) is 5.41. The monoisotopic (exact) mass is 261 g/mol. The van der Waals surface area contributed by atoms with Crippen LogP contribution in [0.2, 0.25) is 0 Å². The van der Waals surface area contributed by atoms with Crippen LogP contribution in [0.4, 0.5) is 0 Å². The zero-order chi connectivity index (χ0) is 13.7. The third kappa shape index (κ3) is 4.05. The second-order valence-electron chi connectivity index (χ2n) is 5.80. The van der Waals surface area contributed by atoms with Gasteiger partial charge in [0.25, 0.3) is 0 Å². The van der Waals surface area contributed by atoms with Crippen LogP contribution in [0.3, 0.4) is 0 Å². The Morgan fingerprint density at radius 3 is 2.68 bits per heavy atom. The van der Waals surface area contributed by atoms with Crippen molar-refractivity contribution in [2.75, 3.05) is 6.54 Å². The van der Waals surface area contributed by atoms with Crippen molar-refractivity contribution in [1.82, 2.24) is 5.32 Å². The van der Waals surface area contributed by atoms with Gasteiger partial charge in [-0.15, -0.1) is 0 Å². The van der Waals surface area contributed by atoms with Crippen LogP contribution in [0.25, 0.3) is 0 Å². The molecule has 0 bridgehead atoms. The summed E-state index contributed by atoms with van der Waals surface area (Å²) >= 11 is 0. The van der Waals surface area contributed by atoms with E-state index in [0.717, 1.165) is 24.9 Å². The quantitative estimate of drug-likeness (QED) is 0.823. The molecular weight excluding hydrogens is 234 g/mol. The summed E-state index contributed by atoms with van der Waals surface area (Å²) in [5.74, 6) is 0. The number of aliphatic hydroxyl groups excluding tert-OH is 1. The minimum absolute atomic E-state index is 0.330. The molecule has 0 saturated carbocycles. The summed E-state index contributed by atoms with van der Waals surface area (Å²) in [6.45, 7) is 5.25. The Morgan fingerprint density at radius 1 is 1.21 bits per heavy atom. The van der Waals surface area contributed by atoms with Crippen LogP contribution >= 0.6 is 0 Å². The minimum Gasteiger partial charge on any atom is -0.388 e. The fourth-order valence-electron chi connectivity index (χ4n) is 2.74. The third-order valence-corrected chi connectivity index (χ3v) is 4.28. The minimum atomic E-state index is -0.330. The van der Waals surface area contributed by atoms with Gasteiger partial charge in [-0.25, -0.2) is 0 Å². The number of benzene rings is 1. The molecule has 2 rings (SSSR count). The van der Waals surface area contributed by atoms with Crippen molar-refractivity contribution in [2.45, 2.75) is 64.5 Å². The summed E-state index contributed by atoms with van der Waals surface area (Å²) in [6.07, 6.45) is 6.60. The Hall–Kier alpha value is -0.860. The van der Waals surface area contributed by atoms with Gasteiger partial charge in [0.1, 0.15) is 0 Å². The first-order chi connectivity index (χ1) is 9.20. The number of rotatable bonds is 6. The van der Waals surface area contributed by atoms with Gasteiger partial charge in [0.15, 0.2) is 0 Å². The van der Waals surface area contributed by atoms with Crippen LogP contribution in [0.15, 0.2) is 18.2 Å². The summed E-state index contributed by atoms with van der Waals surface area (Å²) in [7, 11) is 0. The number of fused-ring (bicyclic) bond motifs is 1. The van der Waals surface area contributed by atoms with Gasteiger partial charge in [0.2, 0.25) is 0 Å². The van der Waals surface area contributed by atoms with E-state index in [4.69, 9.17) is 0 Å². The molecule has 2 unspecified atom stereocenters. The van der Waals surface area contributed by atoms with Crippen molar-refractivity contribution < 1.29 is 5.11 Å². The molecule has 1 aliphatic carbocycles. The summed E-state index contributed by atoms with van der Waals surface area (Å²) in [5, 5.41) is 13.7. The normalized spacial score (nSPS) is 17.8. The van der Waals surface area contributed by atoms with Crippen molar-refractivity contribution in [3.8, 4) is 0 Å². The second-order valence-corrected chi connectivity index (χ2v) is 5.80. The van der Waals surface area contributed by atoms with Crippen molar-refractivity contribution in [3.63, 3.8) is 0 Å². The lowest BCUT2D eigenvalue weighted by atomic mass is 9.89. The molecule has 2 atom stereocenters. The first kappa shape index (κ1) is 14.5. The van der Waals surface area contributed by atoms with E-state index in [1.807, 2.05) is 0 Å². The van der Waals surface area contributed by atoms with Gasteiger partial charge in [0.05, 0.1) is 6.10 Å². The molecule has 2 nitrogen and oxygen atoms in total. The van der Waals surface area contributed by atoms with Crippen LogP contribution in [-0.4, -0.2) is 17.7 Å². The van der Waals surface area contributed by atoms with Gasteiger partial charge in [-0.3, -0.25) is 0 Å². The summed E-state index contributed by atoms with van der Waals surface area (Å²) in [5.41, 5.74) is 4.03. The number of aliphatic hydroxyl groups is 1. The smallest absolute Gasteiger partial charge is 0.0802 e. The van der Waals surface area contributed by atoms with E-state index in [2.05, 4.69) is 37.4 Å². The Labute approximate surface area is 117 Å². The van der Waals surface area contributed by atoms with Crippen LogP contribution in [-0.2, 0) is 12.8 Å². The molecule has 2 heteroatoms. The fraction of sp³-hybridized carbons (Fsp3) is 0.647. The highest BCUT2D eigenvalue weighted by atomic mass is 16.3. The maximum atomic E-state index is 10.3. The molecule has 0 aliphatic heterocycles. The van der Waals surface area contributed by atoms with E-state index in [9.17, 15) is 5.11 Å². The molecule has 0 spiro atoms. The van der Waals surface area contributed by atoms with Gasteiger partial charge < -0.3 is 10.4 Å². The molecule has 0 heterocycles. The molecule has 0 amide bonds. The predicted octanol–water partition coefficient (Wildman–Crippen LogP) is 3.38. The number of hydrogen-bond acceptors (Lipinski definition) is 2. The molecule has 0 radical (unpaired) electrons. The first-order valence-electron chi connectivity index (χ1n) is 7.74. The van der Waals surface area contributed by atoms with Crippen LogP contribution < -0.4 is 5.32 Å².